The summed E-state index contributed by atoms with van der Waals surface area (Å²) in [7, 11) is 0. The van der Waals surface area contributed by atoms with Crippen molar-refractivity contribution in [3.8, 4) is 0 Å². The molecule has 0 fully saturated rings. The highest BCUT2D eigenvalue weighted by Gasteiger charge is 2.18. The zero-order chi connectivity index (χ0) is 12.3. The molecule has 16 heavy (non-hydrogen) atoms. The summed E-state index contributed by atoms with van der Waals surface area (Å²) in [4.78, 5) is 20.7. The fourth-order valence-electron chi connectivity index (χ4n) is 1.34. The number of quaternary nitrogens is 1. The summed E-state index contributed by atoms with van der Waals surface area (Å²) in [5.74, 6) is -1.01. The molecular formula is C10H13N2O4+. The molecule has 4 N–H and O–H groups in total. The molecule has 1 atom stereocenters. The number of nitrogens with zero attached hydrogens (tertiary/aromatic N) is 1. The third-order valence-electron chi connectivity index (χ3n) is 2.36. The van der Waals surface area contributed by atoms with Crippen molar-refractivity contribution in [1.29, 1.82) is 0 Å². The Hall–Kier alpha value is -1.95. The minimum Gasteiger partial charge on any atom is -0.477 e. The van der Waals surface area contributed by atoms with Crippen molar-refractivity contribution < 1.29 is 20.6 Å². The Morgan fingerprint density at radius 3 is 2.75 bits per heavy atom. The standard InChI is InChI=1S/C10H12N2O4/c1-6-2-3-8(12(15)16)4-7(6)5-9(11)10(13)14/h2-4,9H,5,11H2,1H3,(H,13,14)/p+1. The maximum atomic E-state index is 10.6. The quantitative estimate of drug-likeness (QED) is 0.561. The molecule has 1 aromatic rings. The number of benzene rings is 1. The van der Waals surface area contributed by atoms with Crippen molar-refractivity contribution in [3.63, 3.8) is 0 Å². The first-order valence-electron chi connectivity index (χ1n) is 4.71. The van der Waals surface area contributed by atoms with E-state index in [0.29, 0.717) is 5.56 Å². The summed E-state index contributed by atoms with van der Waals surface area (Å²) < 4.78 is 0. The summed E-state index contributed by atoms with van der Waals surface area (Å²) in [5, 5.41) is 19.3. The van der Waals surface area contributed by atoms with Gasteiger partial charge in [-0.05, 0) is 18.1 Å². The van der Waals surface area contributed by atoms with Crippen LogP contribution in [-0.2, 0) is 11.2 Å². The highest BCUT2D eigenvalue weighted by atomic mass is 16.6. The summed E-state index contributed by atoms with van der Waals surface area (Å²) in [6.07, 6.45) is 0.197. The first kappa shape index (κ1) is 12.1. The molecule has 0 bridgehead atoms. The number of nitro groups is 1. The molecule has 0 aliphatic rings. The Labute approximate surface area is 91.8 Å². The Morgan fingerprint density at radius 2 is 2.25 bits per heavy atom. The van der Waals surface area contributed by atoms with Crippen LogP contribution < -0.4 is 5.73 Å². The zero-order valence-corrected chi connectivity index (χ0v) is 8.84. The van der Waals surface area contributed by atoms with Gasteiger partial charge in [-0.3, -0.25) is 10.1 Å². The van der Waals surface area contributed by atoms with Gasteiger partial charge < -0.3 is 10.8 Å². The maximum absolute atomic E-state index is 10.6. The van der Waals surface area contributed by atoms with Crippen molar-refractivity contribution in [3.05, 3.63) is 39.4 Å². The highest BCUT2D eigenvalue weighted by molar-refractivity contribution is 5.72. The van der Waals surface area contributed by atoms with E-state index in [4.69, 9.17) is 5.11 Å². The zero-order valence-electron chi connectivity index (χ0n) is 8.84. The van der Waals surface area contributed by atoms with E-state index in [1.165, 1.54) is 12.1 Å². The minimum atomic E-state index is -1.01. The summed E-state index contributed by atoms with van der Waals surface area (Å²) in [6.45, 7) is 1.79. The molecule has 0 saturated heterocycles. The van der Waals surface area contributed by atoms with Gasteiger partial charge in [-0.15, -0.1) is 0 Å². The third-order valence-corrected chi connectivity index (χ3v) is 2.36. The number of aliphatic carboxylic acids is 1. The Balaban J connectivity index is 2.98. The molecule has 0 aliphatic heterocycles. The average molecular weight is 225 g/mol. The van der Waals surface area contributed by atoms with Crippen molar-refractivity contribution in [2.75, 3.05) is 0 Å². The highest BCUT2D eigenvalue weighted by Crippen LogP contribution is 2.18. The van der Waals surface area contributed by atoms with Gasteiger partial charge in [0, 0.05) is 18.6 Å². The molecule has 0 heterocycles. The van der Waals surface area contributed by atoms with Crippen LogP contribution in [0.15, 0.2) is 18.2 Å². The molecule has 1 aromatic carbocycles. The van der Waals surface area contributed by atoms with Crippen LogP contribution in [0.25, 0.3) is 0 Å². The number of carboxylic acids is 1. The molecule has 6 nitrogen and oxygen atoms in total. The van der Waals surface area contributed by atoms with Gasteiger partial charge in [-0.25, -0.2) is 4.79 Å². The lowest BCUT2D eigenvalue weighted by Gasteiger charge is -2.06. The number of hydrogen-bond donors (Lipinski definition) is 2. The van der Waals surface area contributed by atoms with Gasteiger partial charge in [0.2, 0.25) is 0 Å². The summed E-state index contributed by atoms with van der Waals surface area (Å²) in [5.41, 5.74) is 4.93. The Kier molecular flexibility index (Phi) is 3.57. The van der Waals surface area contributed by atoms with Gasteiger partial charge in [0.05, 0.1) is 4.92 Å². The molecular weight excluding hydrogens is 212 g/mol. The average Bonchev–Trinajstić information content (AvgIpc) is 2.20. The predicted molar refractivity (Wildman–Crippen MR) is 55.8 cm³/mol. The van der Waals surface area contributed by atoms with Gasteiger partial charge in [0.1, 0.15) is 0 Å². The minimum absolute atomic E-state index is 0.0295. The normalized spacial score (nSPS) is 12.1. The number of hydrogen-bond acceptors (Lipinski definition) is 3. The lowest BCUT2D eigenvalue weighted by atomic mass is 10.0. The van der Waals surface area contributed by atoms with Gasteiger partial charge in [-0.1, -0.05) is 6.07 Å². The monoisotopic (exact) mass is 225 g/mol. The van der Waals surface area contributed by atoms with Gasteiger partial charge in [0.15, 0.2) is 6.04 Å². The number of aryl methyl sites for hydroxylation is 1. The number of non-ortho nitro benzene ring substituents is 1. The van der Waals surface area contributed by atoms with E-state index in [2.05, 4.69) is 5.73 Å². The van der Waals surface area contributed by atoms with E-state index in [-0.39, 0.29) is 12.1 Å². The lowest BCUT2D eigenvalue weighted by molar-refractivity contribution is -0.407. The molecule has 0 saturated carbocycles. The van der Waals surface area contributed by atoms with Crippen molar-refractivity contribution in [2.24, 2.45) is 0 Å². The summed E-state index contributed by atoms with van der Waals surface area (Å²) >= 11 is 0. The topological polar surface area (TPSA) is 108 Å². The van der Waals surface area contributed by atoms with E-state index in [0.717, 1.165) is 5.56 Å². The van der Waals surface area contributed by atoms with Crippen LogP contribution in [-0.4, -0.2) is 22.0 Å². The Bertz CT molecular complexity index is 431. The number of rotatable bonds is 4. The van der Waals surface area contributed by atoms with Crippen LogP contribution in [0.1, 0.15) is 11.1 Å². The predicted octanol–water partition coefficient (Wildman–Crippen LogP) is 0.141. The van der Waals surface area contributed by atoms with Crippen LogP contribution in [0.5, 0.6) is 0 Å². The van der Waals surface area contributed by atoms with Crippen LogP contribution >= 0.6 is 0 Å². The van der Waals surface area contributed by atoms with E-state index in [9.17, 15) is 14.9 Å². The third kappa shape index (κ3) is 2.77. The number of nitro benzene ring substituents is 1. The van der Waals surface area contributed by atoms with Crippen LogP contribution in [0.4, 0.5) is 5.69 Å². The number of carbonyl (C=O) groups is 1. The second-order valence-corrected chi connectivity index (χ2v) is 3.61. The van der Waals surface area contributed by atoms with E-state index in [1.54, 1.807) is 13.0 Å². The summed E-state index contributed by atoms with van der Waals surface area (Å²) in [6, 6.07) is 3.62. The van der Waals surface area contributed by atoms with Crippen LogP contribution in [0.3, 0.4) is 0 Å². The molecule has 0 aliphatic carbocycles. The van der Waals surface area contributed by atoms with E-state index in [1.807, 2.05) is 0 Å². The van der Waals surface area contributed by atoms with Crippen molar-refractivity contribution in [2.45, 2.75) is 19.4 Å². The SMILES string of the molecule is Cc1ccc([N+](=O)[O-])cc1CC([NH3+])C(=O)O. The molecule has 0 spiro atoms. The maximum Gasteiger partial charge on any atom is 0.362 e. The molecule has 1 unspecified atom stereocenters. The van der Waals surface area contributed by atoms with E-state index >= 15 is 0 Å². The molecule has 1 rings (SSSR count). The van der Waals surface area contributed by atoms with Gasteiger partial charge in [-0.2, -0.15) is 0 Å². The smallest absolute Gasteiger partial charge is 0.362 e. The molecule has 0 amide bonds. The Morgan fingerprint density at radius 1 is 1.62 bits per heavy atom. The molecule has 0 radical (unpaired) electrons. The largest absolute Gasteiger partial charge is 0.477 e. The first-order valence-corrected chi connectivity index (χ1v) is 4.71. The fraction of sp³-hybridized carbons (Fsp3) is 0.300. The van der Waals surface area contributed by atoms with Gasteiger partial charge in [0.25, 0.3) is 5.69 Å². The van der Waals surface area contributed by atoms with Crippen LogP contribution in [0, 0.1) is 17.0 Å². The van der Waals surface area contributed by atoms with Gasteiger partial charge >= 0.3 is 5.97 Å². The van der Waals surface area contributed by atoms with Crippen LogP contribution in [0.2, 0.25) is 0 Å². The molecule has 86 valence electrons. The second-order valence-electron chi connectivity index (χ2n) is 3.61. The van der Waals surface area contributed by atoms with E-state index < -0.39 is 16.9 Å². The number of carboxylic acid groups (broad SMARTS) is 1. The lowest BCUT2D eigenvalue weighted by Crippen LogP contribution is -2.66. The van der Waals surface area contributed by atoms with Crippen molar-refractivity contribution in [1.82, 2.24) is 0 Å². The van der Waals surface area contributed by atoms with Crippen molar-refractivity contribution >= 4 is 11.7 Å². The second kappa shape index (κ2) is 4.71. The molecule has 6 heteroatoms. The fourth-order valence-corrected chi connectivity index (χ4v) is 1.34. The molecule has 0 aromatic heterocycles. The first-order chi connectivity index (χ1) is 7.41.